The fraction of sp³-hybridized carbons (Fsp3) is 0.618. The van der Waals surface area contributed by atoms with E-state index in [0.717, 1.165) is 48.4 Å². The molecule has 4 aliphatic rings. The molecule has 2 atom stereocenters. The Kier molecular flexibility index (Phi) is 9.08. The SMILES string of the molecule is CN1CCC[C@H]1COCC(C)(C)c1nc2c(c(N3CCN(C(=O)OCc4ccccc4)[C@@H](CC#N)C3)n1)CC1(CC1)N(C(=O)O)C2. The summed E-state index contributed by atoms with van der Waals surface area (Å²) >= 11 is 0. The number of piperazine rings is 1. The van der Waals surface area contributed by atoms with Crippen molar-refractivity contribution in [1.82, 2.24) is 24.7 Å². The Labute approximate surface area is 270 Å². The predicted octanol–water partition coefficient (Wildman–Crippen LogP) is 4.17. The lowest BCUT2D eigenvalue weighted by molar-refractivity contribution is 0.0557. The van der Waals surface area contributed by atoms with Gasteiger partial charge in [0, 0.05) is 43.1 Å². The van der Waals surface area contributed by atoms with Crippen LogP contribution in [0.3, 0.4) is 0 Å². The maximum absolute atomic E-state index is 13.2. The van der Waals surface area contributed by atoms with Gasteiger partial charge in [0.2, 0.25) is 0 Å². The van der Waals surface area contributed by atoms with E-state index in [1.165, 1.54) is 6.42 Å². The molecule has 6 rings (SSSR count). The second-order valence-corrected chi connectivity index (χ2v) is 13.9. The zero-order chi connectivity index (χ0) is 32.5. The molecule has 2 amide bonds. The Morgan fingerprint density at radius 3 is 2.59 bits per heavy atom. The Hall–Kier alpha value is -3.95. The van der Waals surface area contributed by atoms with Crippen molar-refractivity contribution < 1.29 is 24.2 Å². The number of likely N-dealkylation sites (N-methyl/N-ethyl adjacent to an activating group) is 1. The predicted molar refractivity (Wildman–Crippen MR) is 170 cm³/mol. The zero-order valence-electron chi connectivity index (χ0n) is 27.2. The summed E-state index contributed by atoms with van der Waals surface area (Å²) < 4.78 is 11.9. The number of fused-ring (bicyclic) bond motifs is 1. The summed E-state index contributed by atoms with van der Waals surface area (Å²) in [6.45, 7) is 7.97. The third kappa shape index (κ3) is 6.62. The van der Waals surface area contributed by atoms with E-state index in [9.17, 15) is 20.0 Å². The fourth-order valence-electron chi connectivity index (χ4n) is 7.07. The van der Waals surface area contributed by atoms with E-state index in [-0.39, 0.29) is 25.6 Å². The van der Waals surface area contributed by atoms with Crippen molar-refractivity contribution in [3.63, 3.8) is 0 Å². The Morgan fingerprint density at radius 2 is 1.91 bits per heavy atom. The number of anilines is 1. The molecule has 2 saturated heterocycles. The molecule has 4 heterocycles. The molecule has 0 radical (unpaired) electrons. The number of likely N-dealkylation sites (tertiary alicyclic amines) is 1. The fourth-order valence-corrected chi connectivity index (χ4v) is 7.07. The van der Waals surface area contributed by atoms with Gasteiger partial charge in [0.1, 0.15) is 18.2 Å². The van der Waals surface area contributed by atoms with E-state index in [2.05, 4.69) is 36.8 Å². The molecule has 1 aromatic heterocycles. The number of carbonyl (C=O) groups excluding carboxylic acids is 1. The van der Waals surface area contributed by atoms with E-state index < -0.39 is 23.1 Å². The molecule has 3 fully saturated rings. The van der Waals surface area contributed by atoms with Gasteiger partial charge >= 0.3 is 12.2 Å². The highest BCUT2D eigenvalue weighted by atomic mass is 16.6. The second-order valence-electron chi connectivity index (χ2n) is 13.9. The van der Waals surface area contributed by atoms with E-state index in [1.54, 1.807) is 9.80 Å². The van der Waals surface area contributed by atoms with Crippen LogP contribution in [0.2, 0.25) is 0 Å². The van der Waals surface area contributed by atoms with Crippen molar-refractivity contribution in [2.45, 2.75) is 88.6 Å². The first-order chi connectivity index (χ1) is 22.1. The number of nitriles is 1. The van der Waals surface area contributed by atoms with Crippen molar-refractivity contribution in [3.05, 3.63) is 53.0 Å². The smallest absolute Gasteiger partial charge is 0.410 e. The lowest BCUT2D eigenvalue weighted by Crippen LogP contribution is -2.56. The number of rotatable bonds is 9. The third-order valence-electron chi connectivity index (χ3n) is 10.1. The molecule has 0 unspecified atom stereocenters. The third-order valence-corrected chi connectivity index (χ3v) is 10.1. The molecule has 12 nitrogen and oxygen atoms in total. The summed E-state index contributed by atoms with van der Waals surface area (Å²) in [5.41, 5.74) is 1.65. The van der Waals surface area contributed by atoms with Crippen LogP contribution in [0.5, 0.6) is 0 Å². The normalized spacial score (nSPS) is 22.4. The highest BCUT2D eigenvalue weighted by molar-refractivity contribution is 5.70. The van der Waals surface area contributed by atoms with Crippen molar-refractivity contribution in [3.8, 4) is 6.07 Å². The first kappa shape index (κ1) is 32.0. The van der Waals surface area contributed by atoms with Gasteiger partial charge in [0.05, 0.1) is 49.5 Å². The minimum absolute atomic E-state index is 0.155. The molecule has 12 heteroatoms. The van der Waals surface area contributed by atoms with Crippen LogP contribution in [0.1, 0.15) is 68.6 Å². The molecule has 246 valence electrons. The Bertz CT molecular complexity index is 1470. The largest absolute Gasteiger partial charge is 0.465 e. The monoisotopic (exact) mass is 631 g/mol. The summed E-state index contributed by atoms with van der Waals surface area (Å²) in [6.07, 6.45) is 3.27. The van der Waals surface area contributed by atoms with Crippen molar-refractivity contribution in [1.29, 1.82) is 5.26 Å². The van der Waals surface area contributed by atoms with Crippen LogP contribution in [-0.4, -0.2) is 106 Å². The van der Waals surface area contributed by atoms with Gasteiger partial charge in [-0.2, -0.15) is 5.26 Å². The maximum atomic E-state index is 13.2. The average Bonchev–Trinajstić information content (AvgIpc) is 3.69. The number of carboxylic acid groups (broad SMARTS) is 1. The molecule has 1 N–H and O–H groups in total. The quantitative estimate of drug-likeness (QED) is 0.430. The van der Waals surface area contributed by atoms with Gasteiger partial charge in [-0.3, -0.25) is 4.90 Å². The lowest BCUT2D eigenvalue weighted by Gasteiger charge is -2.43. The molecule has 1 aliphatic carbocycles. The summed E-state index contributed by atoms with van der Waals surface area (Å²) in [5.74, 6) is 1.39. The van der Waals surface area contributed by atoms with Crippen LogP contribution in [0, 0.1) is 11.3 Å². The minimum atomic E-state index is -0.926. The minimum Gasteiger partial charge on any atom is -0.465 e. The van der Waals surface area contributed by atoms with E-state index in [0.29, 0.717) is 51.1 Å². The number of aromatic nitrogens is 2. The molecule has 1 aromatic carbocycles. The molecule has 1 saturated carbocycles. The molecule has 2 aromatic rings. The highest BCUT2D eigenvalue weighted by Gasteiger charge is 2.54. The molecular weight excluding hydrogens is 586 g/mol. The highest BCUT2D eigenvalue weighted by Crippen LogP contribution is 2.50. The van der Waals surface area contributed by atoms with Gasteiger partial charge in [-0.15, -0.1) is 0 Å². The Morgan fingerprint density at radius 1 is 1.13 bits per heavy atom. The molecular formula is C34H45N7O5. The number of amides is 2. The summed E-state index contributed by atoms with van der Waals surface area (Å²) in [4.78, 5) is 43.4. The number of ether oxygens (including phenoxy) is 2. The lowest BCUT2D eigenvalue weighted by atomic mass is 9.91. The van der Waals surface area contributed by atoms with Crippen LogP contribution < -0.4 is 4.90 Å². The van der Waals surface area contributed by atoms with E-state index in [1.807, 2.05) is 30.3 Å². The van der Waals surface area contributed by atoms with Gasteiger partial charge in [-0.1, -0.05) is 44.2 Å². The summed E-state index contributed by atoms with van der Waals surface area (Å²) in [7, 11) is 2.13. The van der Waals surface area contributed by atoms with Crippen LogP contribution in [0.15, 0.2) is 30.3 Å². The van der Waals surface area contributed by atoms with Crippen molar-refractivity contribution >= 4 is 18.0 Å². The first-order valence-corrected chi connectivity index (χ1v) is 16.4. The number of hydrogen-bond acceptors (Lipinski definition) is 9. The van der Waals surface area contributed by atoms with Crippen LogP contribution >= 0.6 is 0 Å². The zero-order valence-corrected chi connectivity index (χ0v) is 27.2. The number of benzene rings is 1. The van der Waals surface area contributed by atoms with Crippen molar-refractivity contribution in [2.24, 2.45) is 0 Å². The number of nitrogens with zero attached hydrogens (tertiary/aromatic N) is 7. The van der Waals surface area contributed by atoms with E-state index >= 15 is 0 Å². The van der Waals surface area contributed by atoms with Gasteiger partial charge in [-0.05, 0) is 44.8 Å². The van der Waals surface area contributed by atoms with Gasteiger partial charge < -0.3 is 29.3 Å². The topological polar surface area (TPSA) is 135 Å². The van der Waals surface area contributed by atoms with Gasteiger partial charge in [0.15, 0.2) is 0 Å². The van der Waals surface area contributed by atoms with E-state index in [4.69, 9.17) is 19.4 Å². The second kappa shape index (κ2) is 13.0. The molecule has 0 bridgehead atoms. The van der Waals surface area contributed by atoms with Gasteiger partial charge in [-0.25, -0.2) is 19.6 Å². The molecule has 1 spiro atoms. The average molecular weight is 632 g/mol. The summed E-state index contributed by atoms with van der Waals surface area (Å²) in [6, 6.07) is 11.8. The number of hydrogen-bond donors (Lipinski definition) is 1. The summed E-state index contributed by atoms with van der Waals surface area (Å²) in [5, 5.41) is 19.8. The van der Waals surface area contributed by atoms with Crippen LogP contribution in [0.4, 0.5) is 15.4 Å². The van der Waals surface area contributed by atoms with Crippen LogP contribution in [0.25, 0.3) is 0 Å². The Balaban J connectivity index is 1.25. The van der Waals surface area contributed by atoms with Crippen LogP contribution in [-0.2, 0) is 34.5 Å². The number of carbonyl (C=O) groups is 2. The first-order valence-electron chi connectivity index (χ1n) is 16.4. The maximum Gasteiger partial charge on any atom is 0.410 e. The standard InChI is InChI=1S/C34H45N7O5/c1-33(2,23-45-22-26-10-7-15-38(26)3)30-36-28-20-41(31(42)43)34(12-13-34)18-27(28)29(37-30)39-16-17-40(25(19-39)11-14-35)32(44)46-21-24-8-5-4-6-9-24/h4-6,8-9,25-26H,7,10-13,15-23H2,1-3H3,(H,42,43)/t25-,26-/m0/s1. The molecule has 3 aliphatic heterocycles. The van der Waals surface area contributed by atoms with Crippen molar-refractivity contribution in [2.75, 3.05) is 51.3 Å². The van der Waals surface area contributed by atoms with Gasteiger partial charge in [0.25, 0.3) is 0 Å². The molecule has 46 heavy (non-hydrogen) atoms.